The molecule has 0 aliphatic carbocycles. The van der Waals surface area contributed by atoms with Gasteiger partial charge in [0.2, 0.25) is 17.7 Å². The van der Waals surface area contributed by atoms with Crippen LogP contribution in [-0.4, -0.2) is 66.0 Å². The first-order chi connectivity index (χ1) is 17.3. The molecule has 5 N–H and O–H groups in total. The average Bonchev–Trinajstić information content (AvgIpc) is 2.83. The van der Waals surface area contributed by atoms with E-state index in [0.717, 1.165) is 5.56 Å². The third-order valence-corrected chi connectivity index (χ3v) is 6.98. The van der Waals surface area contributed by atoms with Gasteiger partial charge in [0, 0.05) is 18.2 Å². The Kier molecular flexibility index (Phi) is 13.7. The van der Waals surface area contributed by atoms with Crippen molar-refractivity contribution in [1.82, 2.24) is 16.0 Å². The number of hydrogen-bond acceptors (Lipinski definition) is 7. The summed E-state index contributed by atoms with van der Waals surface area (Å²) >= 11 is 1.45. The number of thioether (sulfide) groups is 1. The topological polar surface area (TPSA) is 140 Å². The number of nitrogens with two attached hydrogens (primary N) is 1. The number of carbonyl (C=O) groups excluding carboxylic acids is 4. The molecule has 0 radical (unpaired) electrons. The number of hydrogen-bond donors (Lipinski definition) is 4. The van der Waals surface area contributed by atoms with Gasteiger partial charge in [0.1, 0.15) is 18.1 Å². The molecule has 10 heteroatoms. The van der Waals surface area contributed by atoms with Crippen LogP contribution in [0.2, 0.25) is 0 Å². The van der Waals surface area contributed by atoms with Crippen LogP contribution in [0, 0.1) is 5.92 Å². The Morgan fingerprint density at radius 3 is 2.05 bits per heavy atom. The molecule has 0 saturated carbocycles. The van der Waals surface area contributed by atoms with Crippen molar-refractivity contribution in [3.8, 4) is 0 Å². The molecule has 1 rings (SSSR count). The zero-order valence-corrected chi connectivity index (χ0v) is 23.9. The molecular formula is C27H44N4O5S. The van der Waals surface area contributed by atoms with Crippen molar-refractivity contribution in [2.24, 2.45) is 11.7 Å². The van der Waals surface area contributed by atoms with Crippen LogP contribution in [0.3, 0.4) is 0 Å². The number of esters is 1. The summed E-state index contributed by atoms with van der Waals surface area (Å²) in [7, 11) is 2.79. The molecule has 0 aromatic heterocycles. The predicted molar refractivity (Wildman–Crippen MR) is 148 cm³/mol. The van der Waals surface area contributed by atoms with Crippen molar-refractivity contribution in [2.75, 3.05) is 14.2 Å². The lowest BCUT2D eigenvalue weighted by atomic mass is 10.0. The maximum Gasteiger partial charge on any atom is 0.322 e. The number of nitrogens with one attached hydrogen (secondary N) is 3. The third-order valence-electron chi connectivity index (χ3n) is 5.53. The van der Waals surface area contributed by atoms with E-state index in [4.69, 9.17) is 10.5 Å². The quantitative estimate of drug-likeness (QED) is 0.267. The Morgan fingerprint density at radius 2 is 1.54 bits per heavy atom. The van der Waals surface area contributed by atoms with Gasteiger partial charge in [-0.25, -0.2) is 0 Å². The van der Waals surface area contributed by atoms with Crippen LogP contribution in [0.5, 0.6) is 0 Å². The molecular weight excluding hydrogens is 492 g/mol. The molecule has 0 saturated heterocycles. The maximum atomic E-state index is 13.4. The summed E-state index contributed by atoms with van der Waals surface area (Å²) in [5.41, 5.74) is 6.80. The van der Waals surface area contributed by atoms with Crippen LogP contribution in [0.15, 0.2) is 30.3 Å². The Bertz CT molecular complexity index is 889. The molecule has 3 amide bonds. The van der Waals surface area contributed by atoms with Gasteiger partial charge >= 0.3 is 5.97 Å². The molecule has 0 aliphatic rings. The first-order valence-corrected chi connectivity index (χ1v) is 13.5. The van der Waals surface area contributed by atoms with Crippen LogP contribution in [-0.2, 0) is 30.3 Å². The fraction of sp³-hybridized carbons (Fsp3) is 0.630. The number of rotatable bonds is 14. The minimum atomic E-state index is -0.832. The van der Waals surface area contributed by atoms with E-state index in [9.17, 15) is 19.2 Å². The molecule has 0 spiro atoms. The molecule has 2 unspecified atom stereocenters. The number of amides is 3. The molecule has 4 atom stereocenters. The average molecular weight is 537 g/mol. The normalized spacial score (nSPS) is 14.7. The fourth-order valence-electron chi connectivity index (χ4n) is 3.74. The summed E-state index contributed by atoms with van der Waals surface area (Å²) in [5, 5.41) is 7.81. The number of methoxy groups -OCH3 is 1. The lowest BCUT2D eigenvalue weighted by molar-refractivity contribution is -0.142. The molecule has 1 aromatic rings. The van der Waals surface area contributed by atoms with Crippen LogP contribution < -0.4 is 21.7 Å². The standard InChI is InChI=1S/C27H44N4O5S/c1-17(2)15-20(24(33)30-21(23(32)29-6)16-18-11-9-8-10-12-18)31-25(34)22(37-27(3,4)5)14-13-19(28)26(35)36-7/h8-12,17,19-22H,13-16,28H2,1-7H3,(H,29,32)(H,30,33)(H,31,34)/t19?,20-,21-,22?/m0/s1. The Morgan fingerprint density at radius 1 is 0.946 bits per heavy atom. The van der Waals surface area contributed by atoms with Crippen molar-refractivity contribution >= 4 is 35.5 Å². The number of likely N-dealkylation sites (N-methyl/N-ethyl adjacent to an activating group) is 1. The van der Waals surface area contributed by atoms with E-state index in [2.05, 4.69) is 16.0 Å². The Labute approximate surface area is 225 Å². The maximum absolute atomic E-state index is 13.4. The number of benzene rings is 1. The second-order valence-corrected chi connectivity index (χ2v) is 12.5. The molecule has 0 fully saturated rings. The van der Waals surface area contributed by atoms with Crippen molar-refractivity contribution < 1.29 is 23.9 Å². The summed E-state index contributed by atoms with van der Waals surface area (Å²) in [6, 6.07) is 6.97. The van der Waals surface area contributed by atoms with E-state index in [1.54, 1.807) is 0 Å². The van der Waals surface area contributed by atoms with Crippen molar-refractivity contribution in [3.05, 3.63) is 35.9 Å². The lowest BCUT2D eigenvalue weighted by Crippen LogP contribution is -2.55. The minimum Gasteiger partial charge on any atom is -0.468 e. The highest BCUT2D eigenvalue weighted by Gasteiger charge is 2.32. The van der Waals surface area contributed by atoms with E-state index < -0.39 is 35.3 Å². The molecule has 1 aromatic carbocycles. The van der Waals surface area contributed by atoms with Crippen LogP contribution in [0.1, 0.15) is 59.4 Å². The first-order valence-electron chi connectivity index (χ1n) is 12.6. The van der Waals surface area contributed by atoms with Gasteiger partial charge < -0.3 is 26.4 Å². The highest BCUT2D eigenvalue weighted by Crippen LogP contribution is 2.31. The van der Waals surface area contributed by atoms with Crippen molar-refractivity contribution in [3.63, 3.8) is 0 Å². The number of carbonyl (C=O) groups is 4. The lowest BCUT2D eigenvalue weighted by Gasteiger charge is -2.29. The summed E-state index contributed by atoms with van der Waals surface area (Å²) < 4.78 is 4.45. The molecule has 9 nitrogen and oxygen atoms in total. The van der Waals surface area contributed by atoms with Gasteiger partial charge in [-0.05, 0) is 30.7 Å². The molecule has 0 bridgehead atoms. The monoisotopic (exact) mass is 536 g/mol. The van der Waals surface area contributed by atoms with Crippen LogP contribution in [0.25, 0.3) is 0 Å². The summed E-state index contributed by atoms with van der Waals surface area (Å²) in [6.07, 6.45) is 1.33. The van der Waals surface area contributed by atoms with E-state index in [1.165, 1.54) is 25.9 Å². The SMILES string of the molecule is CNC(=O)[C@H](Cc1ccccc1)NC(=O)[C@H](CC(C)C)NC(=O)C(CCC(N)C(=O)OC)SC(C)(C)C. The van der Waals surface area contributed by atoms with Gasteiger partial charge in [-0.15, -0.1) is 11.8 Å². The summed E-state index contributed by atoms with van der Waals surface area (Å²) in [5.74, 6) is -1.46. The zero-order chi connectivity index (χ0) is 28.2. The van der Waals surface area contributed by atoms with Gasteiger partial charge in [0.15, 0.2) is 0 Å². The first kappa shape index (κ1) is 32.4. The predicted octanol–water partition coefficient (Wildman–Crippen LogP) is 2.17. The van der Waals surface area contributed by atoms with Crippen LogP contribution in [0.4, 0.5) is 0 Å². The minimum absolute atomic E-state index is 0.116. The second-order valence-electron chi connectivity index (χ2n) is 10.5. The van der Waals surface area contributed by atoms with Crippen LogP contribution >= 0.6 is 11.8 Å². The zero-order valence-electron chi connectivity index (χ0n) is 23.1. The van der Waals surface area contributed by atoms with E-state index in [0.29, 0.717) is 19.3 Å². The van der Waals surface area contributed by atoms with E-state index >= 15 is 0 Å². The van der Waals surface area contributed by atoms with Gasteiger partial charge in [0.25, 0.3) is 0 Å². The van der Waals surface area contributed by atoms with Gasteiger partial charge in [0.05, 0.1) is 12.4 Å². The molecule has 0 aliphatic heterocycles. The summed E-state index contributed by atoms with van der Waals surface area (Å²) in [6.45, 7) is 9.91. The van der Waals surface area contributed by atoms with Crippen molar-refractivity contribution in [2.45, 2.75) is 88.4 Å². The highest BCUT2D eigenvalue weighted by molar-refractivity contribution is 8.01. The largest absolute Gasteiger partial charge is 0.468 e. The van der Waals surface area contributed by atoms with Gasteiger partial charge in [-0.1, -0.05) is 65.0 Å². The number of ether oxygens (including phenoxy) is 1. The fourth-order valence-corrected chi connectivity index (χ4v) is 5.03. The molecule has 0 heterocycles. The van der Waals surface area contributed by atoms with E-state index in [1.807, 2.05) is 65.0 Å². The van der Waals surface area contributed by atoms with Gasteiger partial charge in [-0.2, -0.15) is 0 Å². The van der Waals surface area contributed by atoms with E-state index in [-0.39, 0.29) is 28.9 Å². The summed E-state index contributed by atoms with van der Waals surface area (Å²) in [4.78, 5) is 51.0. The Balaban J connectivity index is 3.05. The Hall–Kier alpha value is -2.59. The highest BCUT2D eigenvalue weighted by atomic mass is 32.2. The molecule has 37 heavy (non-hydrogen) atoms. The van der Waals surface area contributed by atoms with Gasteiger partial charge in [-0.3, -0.25) is 19.2 Å². The second kappa shape index (κ2) is 15.6. The third kappa shape index (κ3) is 12.5. The smallest absolute Gasteiger partial charge is 0.322 e. The van der Waals surface area contributed by atoms with Crippen molar-refractivity contribution in [1.29, 1.82) is 0 Å². The molecule has 208 valence electrons.